The van der Waals surface area contributed by atoms with E-state index in [0.29, 0.717) is 13.0 Å². The molecule has 1 heterocycles. The van der Waals surface area contributed by atoms with Crippen molar-refractivity contribution < 1.29 is 24.5 Å². The number of hydrogen-bond acceptors (Lipinski definition) is 4. The van der Waals surface area contributed by atoms with Crippen LogP contribution in [-0.4, -0.2) is 77.5 Å². The highest BCUT2D eigenvalue weighted by Gasteiger charge is 2.41. The van der Waals surface area contributed by atoms with Crippen LogP contribution in [0, 0.1) is 0 Å². The molecular weight excluding hydrogens is 264 g/mol. The van der Waals surface area contributed by atoms with Gasteiger partial charge in [-0.2, -0.15) is 0 Å². The molecule has 1 saturated heterocycles. The van der Waals surface area contributed by atoms with E-state index in [9.17, 15) is 14.7 Å². The van der Waals surface area contributed by atoms with Gasteiger partial charge in [-0.3, -0.25) is 0 Å². The summed E-state index contributed by atoms with van der Waals surface area (Å²) in [5, 5.41) is 18.3. The van der Waals surface area contributed by atoms with Crippen LogP contribution in [0.2, 0.25) is 0 Å². The molecule has 0 radical (unpaired) electrons. The minimum Gasteiger partial charge on any atom is -0.480 e. The summed E-state index contributed by atoms with van der Waals surface area (Å²) in [4.78, 5) is 26.5. The van der Waals surface area contributed by atoms with Crippen molar-refractivity contribution in [2.45, 2.75) is 38.3 Å². The highest BCUT2D eigenvalue weighted by Crippen LogP contribution is 2.22. The Bertz CT molecular complexity index is 337. The molecule has 1 aliphatic heterocycles. The first-order valence-electron chi connectivity index (χ1n) is 6.97. The maximum Gasteiger partial charge on any atom is 0.326 e. The quantitative estimate of drug-likeness (QED) is 0.706. The van der Waals surface area contributed by atoms with Crippen molar-refractivity contribution in [2.24, 2.45) is 0 Å². The lowest BCUT2D eigenvalue weighted by molar-refractivity contribution is -0.141. The number of hydrogen-bond donors (Lipinski definition) is 2. The van der Waals surface area contributed by atoms with Crippen molar-refractivity contribution in [3.05, 3.63) is 0 Å². The number of likely N-dealkylation sites (tertiary alicyclic amines) is 1. The zero-order chi connectivity index (χ0) is 15.1. The van der Waals surface area contributed by atoms with Gasteiger partial charge in [0.1, 0.15) is 6.04 Å². The molecule has 0 aromatic heterocycles. The van der Waals surface area contributed by atoms with Crippen LogP contribution in [0.5, 0.6) is 0 Å². The first kappa shape index (κ1) is 16.7. The molecule has 0 aromatic carbocycles. The number of aliphatic hydroxyl groups is 1. The molecule has 20 heavy (non-hydrogen) atoms. The van der Waals surface area contributed by atoms with Gasteiger partial charge >= 0.3 is 12.0 Å². The summed E-state index contributed by atoms with van der Waals surface area (Å²) in [5.74, 6) is -1.02. The predicted octanol–water partition coefficient (Wildman–Crippen LogP) is 0.375. The smallest absolute Gasteiger partial charge is 0.326 e. The minimum atomic E-state index is -1.02. The molecule has 0 aromatic rings. The SMILES string of the molecule is CCCCN(CCO)C(=O)N1CC(OC)CC1C(=O)O. The summed E-state index contributed by atoms with van der Waals surface area (Å²) in [6.45, 7) is 2.91. The van der Waals surface area contributed by atoms with Gasteiger partial charge in [0.15, 0.2) is 0 Å². The van der Waals surface area contributed by atoms with Crippen LogP contribution < -0.4 is 0 Å². The number of aliphatic carboxylic acids is 1. The van der Waals surface area contributed by atoms with Crippen LogP contribution >= 0.6 is 0 Å². The van der Waals surface area contributed by atoms with Crippen LogP contribution in [0.1, 0.15) is 26.2 Å². The summed E-state index contributed by atoms with van der Waals surface area (Å²) in [5.41, 5.74) is 0. The number of amides is 2. The molecule has 1 aliphatic rings. The van der Waals surface area contributed by atoms with Gasteiger partial charge in [-0.25, -0.2) is 9.59 Å². The molecule has 1 rings (SSSR count). The second kappa shape index (κ2) is 8.06. The van der Waals surface area contributed by atoms with Crippen molar-refractivity contribution in [2.75, 3.05) is 33.4 Å². The largest absolute Gasteiger partial charge is 0.480 e. The monoisotopic (exact) mass is 288 g/mol. The van der Waals surface area contributed by atoms with E-state index in [1.54, 1.807) is 0 Å². The maximum absolute atomic E-state index is 12.4. The highest BCUT2D eigenvalue weighted by atomic mass is 16.5. The number of carbonyl (C=O) groups is 2. The van der Waals surface area contributed by atoms with E-state index in [1.165, 1.54) is 16.9 Å². The van der Waals surface area contributed by atoms with Gasteiger partial charge in [-0.1, -0.05) is 13.3 Å². The topological polar surface area (TPSA) is 90.3 Å². The summed E-state index contributed by atoms with van der Waals surface area (Å²) in [6.07, 6.45) is 1.81. The van der Waals surface area contributed by atoms with Gasteiger partial charge in [0, 0.05) is 33.2 Å². The van der Waals surface area contributed by atoms with Gasteiger partial charge in [-0.15, -0.1) is 0 Å². The number of methoxy groups -OCH3 is 1. The van der Waals surface area contributed by atoms with Crippen LogP contribution in [0.4, 0.5) is 4.79 Å². The Morgan fingerprint density at radius 3 is 2.60 bits per heavy atom. The first-order valence-corrected chi connectivity index (χ1v) is 6.97. The Hall–Kier alpha value is -1.34. The summed E-state index contributed by atoms with van der Waals surface area (Å²) in [7, 11) is 1.51. The zero-order valence-electron chi connectivity index (χ0n) is 12.1. The second-order valence-electron chi connectivity index (χ2n) is 4.95. The number of rotatable bonds is 7. The molecule has 7 nitrogen and oxygen atoms in total. The van der Waals surface area contributed by atoms with E-state index >= 15 is 0 Å². The molecule has 116 valence electrons. The Labute approximate surface area is 119 Å². The third-order valence-electron chi connectivity index (χ3n) is 3.55. The lowest BCUT2D eigenvalue weighted by Gasteiger charge is -2.29. The Morgan fingerprint density at radius 2 is 2.10 bits per heavy atom. The van der Waals surface area contributed by atoms with E-state index in [1.807, 2.05) is 6.92 Å². The molecule has 0 aliphatic carbocycles. The average Bonchev–Trinajstić information content (AvgIpc) is 2.87. The second-order valence-corrected chi connectivity index (χ2v) is 4.95. The molecule has 7 heteroatoms. The zero-order valence-corrected chi connectivity index (χ0v) is 12.1. The molecule has 1 fully saturated rings. The highest BCUT2D eigenvalue weighted by molar-refractivity contribution is 5.83. The van der Waals surface area contributed by atoms with Crippen LogP contribution in [0.3, 0.4) is 0 Å². The molecule has 2 atom stereocenters. The Kier molecular flexibility index (Phi) is 6.74. The number of urea groups is 1. The van der Waals surface area contributed by atoms with Gasteiger partial charge in [0.2, 0.25) is 0 Å². The third-order valence-corrected chi connectivity index (χ3v) is 3.55. The maximum atomic E-state index is 12.4. The number of carbonyl (C=O) groups excluding carboxylic acids is 1. The Morgan fingerprint density at radius 1 is 1.40 bits per heavy atom. The van der Waals surface area contributed by atoms with Crippen molar-refractivity contribution in [3.8, 4) is 0 Å². The molecule has 2 amide bonds. The number of unbranched alkanes of at least 4 members (excludes halogenated alkanes) is 1. The summed E-state index contributed by atoms with van der Waals surface area (Å²) < 4.78 is 5.17. The molecule has 0 spiro atoms. The third kappa shape index (κ3) is 4.08. The standard InChI is InChI=1S/C13H24N2O5/c1-3-4-5-14(6-7-16)13(19)15-9-10(20-2)8-11(15)12(17)18/h10-11,16H,3-9H2,1-2H3,(H,17,18). The van der Waals surface area contributed by atoms with Crippen LogP contribution in [-0.2, 0) is 9.53 Å². The van der Waals surface area contributed by atoms with Gasteiger partial charge < -0.3 is 24.7 Å². The fraction of sp³-hybridized carbons (Fsp3) is 0.846. The Balaban J connectivity index is 2.76. The van der Waals surface area contributed by atoms with Crippen LogP contribution in [0.15, 0.2) is 0 Å². The van der Waals surface area contributed by atoms with E-state index in [4.69, 9.17) is 9.84 Å². The van der Waals surface area contributed by atoms with Gasteiger partial charge in [0.25, 0.3) is 0 Å². The number of carboxylic acid groups (broad SMARTS) is 1. The molecule has 2 N–H and O–H groups in total. The van der Waals surface area contributed by atoms with Gasteiger partial charge in [-0.05, 0) is 6.42 Å². The van der Waals surface area contributed by atoms with Crippen molar-refractivity contribution in [1.82, 2.24) is 9.80 Å². The molecular formula is C13H24N2O5. The number of ether oxygens (including phenoxy) is 1. The predicted molar refractivity (Wildman–Crippen MR) is 72.5 cm³/mol. The number of carboxylic acids is 1. The van der Waals surface area contributed by atoms with Crippen molar-refractivity contribution >= 4 is 12.0 Å². The number of aliphatic hydroxyl groups excluding tert-OH is 1. The van der Waals surface area contributed by atoms with E-state index in [0.717, 1.165) is 12.8 Å². The summed E-state index contributed by atoms with van der Waals surface area (Å²) >= 11 is 0. The molecule has 0 bridgehead atoms. The average molecular weight is 288 g/mol. The van der Waals surface area contributed by atoms with E-state index in [2.05, 4.69) is 0 Å². The fourth-order valence-electron chi connectivity index (χ4n) is 2.37. The number of nitrogens with zero attached hydrogens (tertiary/aromatic N) is 2. The fourth-order valence-corrected chi connectivity index (χ4v) is 2.37. The van der Waals surface area contributed by atoms with Crippen LogP contribution in [0.25, 0.3) is 0 Å². The lowest BCUT2D eigenvalue weighted by atomic mass is 10.2. The minimum absolute atomic E-state index is 0.130. The van der Waals surface area contributed by atoms with Gasteiger partial charge in [0.05, 0.1) is 12.7 Å². The first-order chi connectivity index (χ1) is 9.54. The summed E-state index contributed by atoms with van der Waals surface area (Å²) in [6, 6.07) is -1.19. The van der Waals surface area contributed by atoms with E-state index < -0.39 is 12.0 Å². The lowest BCUT2D eigenvalue weighted by Crippen LogP contribution is -2.49. The van der Waals surface area contributed by atoms with Crippen molar-refractivity contribution in [3.63, 3.8) is 0 Å². The normalized spacial score (nSPS) is 22.1. The molecule has 2 unspecified atom stereocenters. The van der Waals surface area contributed by atoms with Crippen molar-refractivity contribution in [1.29, 1.82) is 0 Å². The van der Waals surface area contributed by atoms with E-state index in [-0.39, 0.29) is 31.8 Å². The molecule has 0 saturated carbocycles.